The van der Waals surface area contributed by atoms with Crippen LogP contribution >= 0.6 is 23.1 Å². The van der Waals surface area contributed by atoms with Crippen LogP contribution in [0.1, 0.15) is 23.0 Å². The smallest absolute Gasteiger partial charge is 0.340 e. The van der Waals surface area contributed by atoms with Crippen molar-refractivity contribution in [3.05, 3.63) is 45.0 Å². The van der Waals surface area contributed by atoms with Gasteiger partial charge in [-0.25, -0.2) is 9.78 Å². The van der Waals surface area contributed by atoms with Crippen LogP contribution in [0.4, 0.5) is 5.69 Å². The maximum Gasteiger partial charge on any atom is 0.340 e. The molecule has 9 heteroatoms. The summed E-state index contributed by atoms with van der Waals surface area (Å²) in [5.74, 6) is -0.779. The van der Waals surface area contributed by atoms with E-state index in [4.69, 9.17) is 10.00 Å². The summed E-state index contributed by atoms with van der Waals surface area (Å²) in [5, 5.41) is 21.5. The highest BCUT2D eigenvalue weighted by Gasteiger charge is 2.21. The largest absolute Gasteiger partial charge is 0.444 e. The van der Waals surface area contributed by atoms with Crippen molar-refractivity contribution in [3.63, 3.8) is 0 Å². The molecule has 0 saturated heterocycles. The zero-order chi connectivity index (χ0) is 17.0. The maximum absolute atomic E-state index is 12.2. The normalized spacial score (nSPS) is 11.5. The van der Waals surface area contributed by atoms with E-state index in [1.807, 2.05) is 12.3 Å². The second kappa shape index (κ2) is 7.21. The summed E-state index contributed by atoms with van der Waals surface area (Å²) in [5.41, 5.74) is 0.669. The number of thiazole rings is 1. The number of rotatable bonds is 5. The molecule has 0 saturated carbocycles. The zero-order valence-electron chi connectivity index (χ0n) is 12.2. The van der Waals surface area contributed by atoms with Crippen LogP contribution in [-0.2, 0) is 4.74 Å². The van der Waals surface area contributed by atoms with Crippen molar-refractivity contribution in [1.29, 1.82) is 5.26 Å². The Morgan fingerprint density at radius 2 is 2.30 bits per heavy atom. The fraction of sp³-hybridized carbons (Fsp3) is 0.214. The third kappa shape index (κ3) is 4.28. The fourth-order valence-electron chi connectivity index (χ4n) is 1.60. The molecule has 23 heavy (non-hydrogen) atoms. The van der Waals surface area contributed by atoms with Gasteiger partial charge in [-0.1, -0.05) is 11.8 Å². The molecule has 1 aromatic heterocycles. The number of aromatic nitrogens is 1. The molecule has 0 fully saturated rings. The molecular weight excluding hydrogens is 338 g/mol. The van der Waals surface area contributed by atoms with Crippen LogP contribution in [0.15, 0.2) is 32.8 Å². The van der Waals surface area contributed by atoms with E-state index in [1.54, 1.807) is 6.07 Å². The molecule has 0 spiro atoms. The Balaban J connectivity index is 2.38. The zero-order valence-corrected chi connectivity index (χ0v) is 13.8. The second-order valence-electron chi connectivity index (χ2n) is 4.47. The number of benzene rings is 1. The molecule has 0 unspecified atom stereocenters. The first-order valence-corrected chi connectivity index (χ1v) is 8.09. The third-order valence-electron chi connectivity index (χ3n) is 2.65. The monoisotopic (exact) mass is 349 g/mol. The average Bonchev–Trinajstić information content (AvgIpc) is 2.92. The maximum atomic E-state index is 12.2. The number of hydrogen-bond donors (Lipinski definition) is 0. The lowest BCUT2D eigenvalue weighted by Crippen LogP contribution is -2.14. The number of esters is 1. The van der Waals surface area contributed by atoms with Gasteiger partial charge < -0.3 is 4.74 Å². The Labute approximate surface area is 140 Å². The van der Waals surface area contributed by atoms with E-state index in [-0.39, 0.29) is 11.3 Å². The lowest BCUT2D eigenvalue weighted by Gasteiger charge is -2.09. The minimum absolute atomic E-state index is 0.0409. The number of aryl methyl sites for hydroxylation is 1. The molecule has 0 aliphatic heterocycles. The van der Waals surface area contributed by atoms with E-state index in [1.165, 1.54) is 42.2 Å². The minimum Gasteiger partial charge on any atom is -0.444 e. The number of nitrogens with zero attached hydrogens (tertiary/aromatic N) is 3. The summed E-state index contributed by atoms with van der Waals surface area (Å²) in [6, 6.07) is 5.72. The number of hydrogen-bond acceptors (Lipinski definition) is 8. The predicted molar refractivity (Wildman–Crippen MR) is 84.6 cm³/mol. The molecule has 0 amide bonds. The summed E-state index contributed by atoms with van der Waals surface area (Å²) in [7, 11) is 0. The highest BCUT2D eigenvalue weighted by molar-refractivity contribution is 8.01. The summed E-state index contributed by atoms with van der Waals surface area (Å²) < 4.78 is 5.66. The summed E-state index contributed by atoms with van der Waals surface area (Å²) in [6.07, 6.45) is -0.943. The Bertz CT molecular complexity index is 798. The van der Waals surface area contributed by atoms with E-state index in [0.717, 1.165) is 11.8 Å². The molecule has 1 heterocycles. The highest BCUT2D eigenvalue weighted by Crippen LogP contribution is 2.34. The highest BCUT2D eigenvalue weighted by atomic mass is 32.2. The molecular formula is C14H11N3O4S2. The quantitative estimate of drug-likeness (QED) is 0.461. The minimum atomic E-state index is -0.943. The van der Waals surface area contributed by atoms with E-state index in [2.05, 4.69) is 4.98 Å². The molecule has 1 atom stereocenters. The van der Waals surface area contributed by atoms with Gasteiger partial charge in [0, 0.05) is 28.1 Å². The van der Waals surface area contributed by atoms with Gasteiger partial charge in [-0.2, -0.15) is 5.26 Å². The Hall–Kier alpha value is -2.44. The summed E-state index contributed by atoms with van der Waals surface area (Å²) >= 11 is 2.63. The number of non-ortho nitro benzene ring substituents is 1. The Morgan fingerprint density at radius 1 is 1.57 bits per heavy atom. The first-order valence-electron chi connectivity index (χ1n) is 6.39. The molecule has 0 aliphatic rings. The predicted octanol–water partition coefficient (Wildman–Crippen LogP) is 3.58. The second-order valence-corrected chi connectivity index (χ2v) is 6.62. The SMILES string of the molecule is Cc1csc(Sc2ccc([N+](=O)[O-])cc2C(=O)O[C@H](C)C#N)n1. The summed E-state index contributed by atoms with van der Waals surface area (Å²) in [4.78, 5) is 27.3. The van der Waals surface area contributed by atoms with Gasteiger partial charge in [0.1, 0.15) is 6.07 Å². The number of ether oxygens (including phenoxy) is 1. The van der Waals surface area contributed by atoms with Gasteiger partial charge in [0.2, 0.25) is 0 Å². The summed E-state index contributed by atoms with van der Waals surface area (Å²) in [6.45, 7) is 3.27. The van der Waals surface area contributed by atoms with Crippen LogP contribution in [-0.4, -0.2) is 22.0 Å². The molecule has 0 aliphatic carbocycles. The van der Waals surface area contributed by atoms with E-state index in [9.17, 15) is 14.9 Å². The first kappa shape index (κ1) is 16.9. The van der Waals surface area contributed by atoms with Crippen molar-refractivity contribution >= 4 is 34.8 Å². The van der Waals surface area contributed by atoms with E-state index >= 15 is 0 Å². The number of carbonyl (C=O) groups is 1. The Kier molecular flexibility index (Phi) is 5.31. The molecule has 0 bridgehead atoms. The van der Waals surface area contributed by atoms with Crippen molar-refractivity contribution < 1.29 is 14.5 Å². The number of carbonyl (C=O) groups excluding carboxylic acids is 1. The molecule has 2 aromatic rings. The van der Waals surface area contributed by atoms with Gasteiger partial charge in [-0.05, 0) is 19.9 Å². The van der Waals surface area contributed by atoms with E-state index < -0.39 is 17.0 Å². The average molecular weight is 349 g/mol. The van der Waals surface area contributed by atoms with Crippen LogP contribution in [0.5, 0.6) is 0 Å². The molecule has 7 nitrogen and oxygen atoms in total. The van der Waals surface area contributed by atoms with Crippen molar-refractivity contribution in [1.82, 2.24) is 4.98 Å². The molecule has 118 valence electrons. The van der Waals surface area contributed by atoms with Gasteiger partial charge in [0.15, 0.2) is 10.4 Å². The lowest BCUT2D eigenvalue weighted by atomic mass is 10.2. The third-order valence-corrected chi connectivity index (χ3v) is 4.79. The van der Waals surface area contributed by atoms with E-state index in [0.29, 0.717) is 9.24 Å². The van der Waals surface area contributed by atoms with Crippen molar-refractivity contribution in [2.45, 2.75) is 29.2 Å². The van der Waals surface area contributed by atoms with Crippen molar-refractivity contribution in [2.75, 3.05) is 0 Å². The van der Waals surface area contributed by atoms with Gasteiger partial charge in [-0.15, -0.1) is 11.3 Å². The first-order chi connectivity index (χ1) is 10.9. The van der Waals surface area contributed by atoms with Crippen LogP contribution in [0.3, 0.4) is 0 Å². The molecule has 2 rings (SSSR count). The number of nitriles is 1. The molecule has 1 aromatic carbocycles. The Morgan fingerprint density at radius 3 is 2.87 bits per heavy atom. The van der Waals surface area contributed by atoms with Crippen molar-refractivity contribution in [2.24, 2.45) is 0 Å². The van der Waals surface area contributed by atoms with Crippen LogP contribution < -0.4 is 0 Å². The topological polar surface area (TPSA) is 106 Å². The van der Waals surface area contributed by atoms with Gasteiger partial charge in [0.25, 0.3) is 5.69 Å². The van der Waals surface area contributed by atoms with Gasteiger partial charge >= 0.3 is 5.97 Å². The van der Waals surface area contributed by atoms with Gasteiger partial charge in [-0.3, -0.25) is 10.1 Å². The van der Waals surface area contributed by atoms with Crippen LogP contribution in [0, 0.1) is 28.4 Å². The molecule has 0 radical (unpaired) electrons. The number of nitro benzene ring substituents is 1. The van der Waals surface area contributed by atoms with Gasteiger partial charge in [0.05, 0.1) is 10.5 Å². The standard InChI is InChI=1S/C14H11N3O4S2/c1-8-7-22-14(16-8)23-12-4-3-10(17(19)20)5-11(12)13(18)21-9(2)6-15/h3-5,7,9H,1-2H3/t9-/m1/s1. The van der Waals surface area contributed by atoms with Crippen LogP contribution in [0.2, 0.25) is 0 Å². The molecule has 0 N–H and O–H groups in total. The lowest BCUT2D eigenvalue weighted by molar-refractivity contribution is -0.384. The fourth-order valence-corrected chi connectivity index (χ4v) is 3.50. The van der Waals surface area contributed by atoms with Crippen molar-refractivity contribution in [3.8, 4) is 6.07 Å². The number of nitro groups is 1. The van der Waals surface area contributed by atoms with Crippen LogP contribution in [0.25, 0.3) is 0 Å².